The van der Waals surface area contributed by atoms with Crippen LogP contribution in [0.25, 0.3) is 0 Å². The van der Waals surface area contributed by atoms with Crippen molar-refractivity contribution in [2.24, 2.45) is 5.41 Å². The van der Waals surface area contributed by atoms with Gasteiger partial charge >= 0.3 is 5.97 Å². The summed E-state index contributed by atoms with van der Waals surface area (Å²) in [5, 5.41) is 17.1. The van der Waals surface area contributed by atoms with Crippen LogP contribution in [0, 0.1) is 44.4 Å². The molecule has 2 aromatic carbocycles. The number of rotatable bonds is 7. The smallest absolute Gasteiger partial charge is 0.309 e. The van der Waals surface area contributed by atoms with E-state index in [-0.39, 0.29) is 10.8 Å². The number of nitriles is 1. The number of benzene rings is 2. The summed E-state index contributed by atoms with van der Waals surface area (Å²) in [6.45, 7) is 27.6. The third kappa shape index (κ3) is 8.90. The zero-order chi connectivity index (χ0) is 30.1. The lowest BCUT2D eigenvalue weighted by atomic mass is 9.75. The van der Waals surface area contributed by atoms with Gasteiger partial charge < -0.3 is 9.84 Å². The topological polar surface area (TPSA) is 70.3 Å². The average molecular weight is 524 g/mol. The molecule has 2 aromatic rings. The zero-order valence-electron chi connectivity index (χ0n) is 26.6. The molecular formula is C34H53NO3. The highest BCUT2D eigenvalue weighted by atomic mass is 16.5. The average Bonchev–Trinajstić information content (AvgIpc) is 2.88. The molecule has 0 unspecified atom stereocenters. The summed E-state index contributed by atoms with van der Waals surface area (Å²) in [4.78, 5) is 10.3. The Morgan fingerprint density at radius 3 is 1.47 bits per heavy atom. The minimum absolute atomic E-state index is 0.216. The van der Waals surface area contributed by atoms with Crippen molar-refractivity contribution in [3.8, 4) is 11.8 Å². The molecule has 0 amide bonds. The van der Waals surface area contributed by atoms with E-state index in [1.807, 2.05) is 31.2 Å². The third-order valence-corrected chi connectivity index (χ3v) is 8.46. The number of nitrogens with zero attached hydrogens (tertiary/aromatic N) is 1. The van der Waals surface area contributed by atoms with Gasteiger partial charge in [0.25, 0.3) is 0 Å². The van der Waals surface area contributed by atoms with Crippen LogP contribution in [-0.2, 0) is 15.6 Å². The molecule has 4 heteroatoms. The van der Waals surface area contributed by atoms with Crippen LogP contribution in [0.15, 0.2) is 24.3 Å². The Kier molecular flexibility index (Phi) is 13.3. The highest BCUT2D eigenvalue weighted by Gasteiger charge is 2.26. The number of hydrogen-bond acceptors (Lipinski definition) is 3. The maximum absolute atomic E-state index is 10.3. The number of carboxylic acid groups (broad SMARTS) is 1. The Balaban J connectivity index is 0.000000578. The molecule has 0 heterocycles. The Bertz CT molecular complexity index is 1070. The number of carboxylic acids is 1. The van der Waals surface area contributed by atoms with E-state index in [0.29, 0.717) is 6.42 Å². The predicted octanol–water partition coefficient (Wildman–Crippen LogP) is 9.37. The van der Waals surface area contributed by atoms with Crippen LogP contribution in [0.3, 0.4) is 0 Å². The van der Waals surface area contributed by atoms with Crippen molar-refractivity contribution in [2.45, 2.75) is 120 Å². The Morgan fingerprint density at radius 2 is 1.21 bits per heavy atom. The van der Waals surface area contributed by atoms with E-state index in [9.17, 15) is 4.79 Å². The molecule has 0 aliphatic rings. The van der Waals surface area contributed by atoms with Crippen LogP contribution in [0.4, 0.5) is 0 Å². The molecule has 0 fully saturated rings. The van der Waals surface area contributed by atoms with Crippen LogP contribution < -0.4 is 4.74 Å². The van der Waals surface area contributed by atoms with Gasteiger partial charge in [0.2, 0.25) is 0 Å². The quantitative estimate of drug-likeness (QED) is 0.392. The SMILES string of the molecule is CCC(C)(C)C(=O)O.CCC(C)(C)c1c(C)c(C)c(OC)c(C)c1C.CCC(C)(C)c1ccc(C#N)cc1. The van der Waals surface area contributed by atoms with E-state index in [2.05, 4.69) is 75.3 Å². The Morgan fingerprint density at radius 1 is 0.789 bits per heavy atom. The molecule has 0 spiro atoms. The lowest BCUT2D eigenvalue weighted by Gasteiger charge is -2.30. The molecule has 0 radical (unpaired) electrons. The van der Waals surface area contributed by atoms with E-state index >= 15 is 0 Å². The number of aliphatic carboxylic acids is 1. The molecule has 38 heavy (non-hydrogen) atoms. The van der Waals surface area contributed by atoms with Crippen LogP contribution in [0.1, 0.15) is 121 Å². The van der Waals surface area contributed by atoms with Gasteiger partial charge in [0, 0.05) is 0 Å². The van der Waals surface area contributed by atoms with Crippen molar-refractivity contribution in [1.29, 1.82) is 5.26 Å². The molecule has 0 aliphatic heterocycles. The summed E-state index contributed by atoms with van der Waals surface area (Å²) in [6, 6.07) is 9.97. The fraction of sp³-hybridized carbons (Fsp3) is 0.588. The first-order chi connectivity index (χ1) is 17.4. The standard InChI is InChI=1S/C16H26O.C12H15N.C6H12O2/c1-9-16(6,7)14-10(2)12(4)15(17-8)13(5)11(14)3;1-4-12(2,3)11-7-5-10(9-13)6-8-11;1-4-6(2,3)5(7)8/h9H2,1-8H3;5-8H,4H2,1-3H3;4H2,1-3H3,(H,7,8). The van der Waals surface area contributed by atoms with Crippen molar-refractivity contribution in [2.75, 3.05) is 7.11 Å². The summed E-state index contributed by atoms with van der Waals surface area (Å²) in [5.41, 5.74) is 8.78. The van der Waals surface area contributed by atoms with Crippen LogP contribution in [0.2, 0.25) is 0 Å². The van der Waals surface area contributed by atoms with Crippen LogP contribution in [0.5, 0.6) is 5.75 Å². The van der Waals surface area contributed by atoms with Crippen molar-refractivity contribution < 1.29 is 14.6 Å². The van der Waals surface area contributed by atoms with Gasteiger partial charge in [-0.1, -0.05) is 60.6 Å². The summed E-state index contributed by atoms with van der Waals surface area (Å²) in [6.07, 6.45) is 2.95. The molecule has 4 nitrogen and oxygen atoms in total. The molecule has 1 N–H and O–H groups in total. The number of methoxy groups -OCH3 is 1. The van der Waals surface area contributed by atoms with Gasteiger partial charge in [0.15, 0.2) is 0 Å². The largest absolute Gasteiger partial charge is 0.496 e. The molecule has 0 bridgehead atoms. The van der Waals surface area contributed by atoms with Crippen molar-refractivity contribution in [3.63, 3.8) is 0 Å². The van der Waals surface area contributed by atoms with Crippen LogP contribution in [-0.4, -0.2) is 18.2 Å². The molecule has 2 rings (SSSR count). The minimum Gasteiger partial charge on any atom is -0.496 e. The first kappa shape index (κ1) is 35.2. The first-order valence-corrected chi connectivity index (χ1v) is 13.8. The molecule has 0 aromatic heterocycles. The normalized spacial score (nSPS) is 11.4. The summed E-state index contributed by atoms with van der Waals surface area (Å²) < 4.78 is 5.54. The monoisotopic (exact) mass is 523 g/mol. The molecule has 0 aliphatic carbocycles. The van der Waals surface area contributed by atoms with Gasteiger partial charge in [-0.3, -0.25) is 4.79 Å². The second-order valence-electron chi connectivity index (χ2n) is 12.1. The van der Waals surface area contributed by atoms with Crippen molar-refractivity contribution >= 4 is 5.97 Å². The summed E-state index contributed by atoms with van der Waals surface area (Å²) in [7, 11) is 1.76. The van der Waals surface area contributed by atoms with Gasteiger partial charge in [-0.05, 0) is 117 Å². The van der Waals surface area contributed by atoms with E-state index in [4.69, 9.17) is 15.1 Å². The summed E-state index contributed by atoms with van der Waals surface area (Å²) in [5.74, 6) is 0.329. The van der Waals surface area contributed by atoms with E-state index in [0.717, 1.165) is 24.2 Å². The van der Waals surface area contributed by atoms with E-state index in [1.54, 1.807) is 21.0 Å². The molecule has 0 saturated heterocycles. The van der Waals surface area contributed by atoms with Crippen molar-refractivity contribution in [1.82, 2.24) is 0 Å². The van der Waals surface area contributed by atoms with E-state index in [1.165, 1.54) is 33.4 Å². The minimum atomic E-state index is -0.722. The fourth-order valence-corrected chi connectivity index (χ4v) is 4.13. The van der Waals surface area contributed by atoms with Crippen LogP contribution >= 0.6 is 0 Å². The maximum Gasteiger partial charge on any atom is 0.309 e. The lowest BCUT2D eigenvalue weighted by molar-refractivity contribution is -0.147. The lowest BCUT2D eigenvalue weighted by Crippen LogP contribution is -2.21. The highest BCUT2D eigenvalue weighted by molar-refractivity contribution is 5.73. The van der Waals surface area contributed by atoms with Gasteiger partial charge in [0.05, 0.1) is 24.2 Å². The van der Waals surface area contributed by atoms with Gasteiger partial charge in [-0.15, -0.1) is 0 Å². The predicted molar refractivity (Wildman–Crippen MR) is 161 cm³/mol. The number of carbonyl (C=O) groups is 1. The van der Waals surface area contributed by atoms with Gasteiger partial charge in [0.1, 0.15) is 5.75 Å². The zero-order valence-corrected chi connectivity index (χ0v) is 26.6. The first-order valence-electron chi connectivity index (χ1n) is 13.8. The van der Waals surface area contributed by atoms with Crippen molar-refractivity contribution in [3.05, 3.63) is 63.2 Å². The molecule has 0 saturated carbocycles. The van der Waals surface area contributed by atoms with E-state index < -0.39 is 11.4 Å². The van der Waals surface area contributed by atoms with Gasteiger partial charge in [-0.2, -0.15) is 5.26 Å². The number of ether oxygens (including phenoxy) is 1. The number of hydrogen-bond donors (Lipinski definition) is 1. The molecule has 212 valence electrons. The molecular weight excluding hydrogens is 470 g/mol. The Hall–Kier alpha value is -2.80. The highest BCUT2D eigenvalue weighted by Crippen LogP contribution is 2.39. The summed E-state index contributed by atoms with van der Waals surface area (Å²) >= 11 is 0. The second-order valence-corrected chi connectivity index (χ2v) is 12.1. The second kappa shape index (κ2) is 14.4. The third-order valence-electron chi connectivity index (χ3n) is 8.46. The van der Waals surface area contributed by atoms with Gasteiger partial charge in [-0.25, -0.2) is 0 Å². The fourth-order valence-electron chi connectivity index (χ4n) is 4.13. The maximum atomic E-state index is 10.3. The Labute approximate surface area is 233 Å². The molecule has 0 atom stereocenters.